The third-order valence-corrected chi connectivity index (χ3v) is 5.16. The quantitative estimate of drug-likeness (QED) is 0.383. The largest absolute Gasteiger partial charge is 0.480 e. The molecule has 90 valence electrons. The lowest BCUT2D eigenvalue weighted by Crippen LogP contribution is -2.34. The van der Waals surface area contributed by atoms with Gasteiger partial charge in [0, 0.05) is 5.75 Å². The van der Waals surface area contributed by atoms with Crippen LogP contribution in [-0.4, -0.2) is 48.9 Å². The second kappa shape index (κ2) is 5.83. The van der Waals surface area contributed by atoms with Gasteiger partial charge in [-0.05, 0) is 6.92 Å². The van der Waals surface area contributed by atoms with Crippen molar-refractivity contribution in [1.82, 2.24) is 0 Å². The summed E-state index contributed by atoms with van der Waals surface area (Å²) in [6, 6.07) is -1.21. The van der Waals surface area contributed by atoms with E-state index in [-0.39, 0.29) is 5.75 Å². The first-order valence-corrected chi connectivity index (χ1v) is 6.72. The fourth-order valence-electron chi connectivity index (χ4n) is 0.791. The van der Waals surface area contributed by atoms with Crippen molar-refractivity contribution in [3.8, 4) is 0 Å². The normalized spacial score (nSPS) is 18.2. The van der Waals surface area contributed by atoms with Gasteiger partial charge in [0.1, 0.15) is 11.0 Å². The first-order chi connectivity index (χ1) is 6.66. The van der Waals surface area contributed by atoms with E-state index in [2.05, 4.69) is 0 Å². The second-order valence-electron chi connectivity index (χ2n) is 3.00. The van der Waals surface area contributed by atoms with Crippen LogP contribution in [0.1, 0.15) is 6.92 Å². The number of carboxylic acid groups (broad SMARTS) is 1. The number of aliphatic carboxylic acids is 1. The van der Waals surface area contributed by atoms with E-state index in [1.165, 1.54) is 6.92 Å². The molecule has 0 radical (unpaired) electrons. The SMILES string of the molecule is C[C@@H](O)[C@H](SCC(N)C(=O)O)P(=O)(O)O. The molecule has 0 saturated carbocycles. The van der Waals surface area contributed by atoms with Crippen LogP contribution in [-0.2, 0) is 9.36 Å². The molecule has 0 amide bonds. The lowest BCUT2D eigenvalue weighted by molar-refractivity contribution is -0.137. The molecular formula is C6H14NO6PS. The molecule has 15 heavy (non-hydrogen) atoms. The Morgan fingerprint density at radius 2 is 2.00 bits per heavy atom. The summed E-state index contributed by atoms with van der Waals surface area (Å²) in [7, 11) is -4.45. The topological polar surface area (TPSA) is 141 Å². The fourth-order valence-corrected chi connectivity index (χ4v) is 3.21. The average Bonchev–Trinajstić information content (AvgIpc) is 2.00. The number of nitrogens with two attached hydrogens (primary N) is 1. The van der Waals surface area contributed by atoms with Gasteiger partial charge in [-0.1, -0.05) is 0 Å². The van der Waals surface area contributed by atoms with E-state index >= 15 is 0 Å². The molecule has 0 rings (SSSR count). The van der Waals surface area contributed by atoms with Gasteiger partial charge >= 0.3 is 13.6 Å². The van der Waals surface area contributed by atoms with E-state index in [1.807, 2.05) is 0 Å². The maximum absolute atomic E-state index is 10.9. The van der Waals surface area contributed by atoms with Crippen LogP contribution >= 0.6 is 19.4 Å². The number of carbonyl (C=O) groups is 1. The van der Waals surface area contributed by atoms with Crippen LogP contribution in [0.5, 0.6) is 0 Å². The summed E-state index contributed by atoms with van der Waals surface area (Å²) in [5, 5.41) is 17.5. The molecular weight excluding hydrogens is 245 g/mol. The van der Waals surface area contributed by atoms with Crippen molar-refractivity contribution in [2.45, 2.75) is 24.1 Å². The maximum atomic E-state index is 10.9. The van der Waals surface area contributed by atoms with Crippen molar-refractivity contribution in [2.75, 3.05) is 5.75 Å². The Labute approximate surface area is 90.8 Å². The second-order valence-corrected chi connectivity index (χ2v) is 6.26. The van der Waals surface area contributed by atoms with Crippen LogP contribution in [0.25, 0.3) is 0 Å². The molecule has 9 heteroatoms. The van der Waals surface area contributed by atoms with Gasteiger partial charge in [-0.15, -0.1) is 11.8 Å². The molecule has 0 saturated heterocycles. The first-order valence-electron chi connectivity index (χ1n) is 3.99. The van der Waals surface area contributed by atoms with Crippen LogP contribution in [0, 0.1) is 0 Å². The summed E-state index contributed by atoms with van der Waals surface area (Å²) >= 11 is 0.654. The number of rotatable bonds is 6. The Morgan fingerprint density at radius 1 is 1.53 bits per heavy atom. The van der Waals surface area contributed by atoms with Crippen molar-refractivity contribution in [3.05, 3.63) is 0 Å². The highest BCUT2D eigenvalue weighted by Crippen LogP contribution is 2.48. The lowest BCUT2D eigenvalue weighted by atomic mass is 10.4. The van der Waals surface area contributed by atoms with Gasteiger partial charge in [-0.25, -0.2) is 0 Å². The smallest absolute Gasteiger partial charge is 0.341 e. The minimum Gasteiger partial charge on any atom is -0.480 e. The summed E-state index contributed by atoms with van der Waals surface area (Å²) in [6.45, 7) is 1.23. The van der Waals surface area contributed by atoms with E-state index in [0.717, 1.165) is 0 Å². The van der Waals surface area contributed by atoms with Gasteiger partial charge in [0.05, 0.1) is 6.10 Å². The zero-order valence-electron chi connectivity index (χ0n) is 7.98. The Morgan fingerprint density at radius 3 is 2.27 bits per heavy atom. The molecule has 1 unspecified atom stereocenters. The molecule has 0 fully saturated rings. The number of carboxylic acids is 1. The number of hydrogen-bond donors (Lipinski definition) is 5. The fraction of sp³-hybridized carbons (Fsp3) is 0.833. The van der Waals surface area contributed by atoms with Crippen molar-refractivity contribution < 1.29 is 29.4 Å². The summed E-state index contributed by atoms with van der Waals surface area (Å²) in [5.74, 6) is -1.42. The third kappa shape index (κ3) is 5.50. The van der Waals surface area contributed by atoms with Crippen LogP contribution in [0.4, 0.5) is 0 Å². The molecule has 7 nitrogen and oxygen atoms in total. The summed E-state index contributed by atoms with van der Waals surface area (Å²) in [5.41, 5.74) is 5.15. The standard InChI is InChI=1S/C6H14NO6PS/c1-3(8)6(14(11,12)13)15-2-4(7)5(9)10/h3-4,6,8H,2,7H2,1H3,(H,9,10)(H2,11,12,13)/t3-,4?,6+/m1/s1. The molecule has 0 heterocycles. The van der Waals surface area contributed by atoms with Crippen molar-refractivity contribution >= 4 is 25.3 Å². The molecule has 0 bridgehead atoms. The molecule has 6 N–H and O–H groups in total. The Bertz CT molecular complexity index is 266. The van der Waals surface area contributed by atoms with E-state index in [9.17, 15) is 9.36 Å². The zero-order valence-corrected chi connectivity index (χ0v) is 9.69. The third-order valence-electron chi connectivity index (χ3n) is 1.51. The molecule has 0 aliphatic heterocycles. The van der Waals surface area contributed by atoms with Gasteiger partial charge in [0.15, 0.2) is 0 Å². The van der Waals surface area contributed by atoms with E-state index in [1.54, 1.807) is 0 Å². The van der Waals surface area contributed by atoms with Crippen molar-refractivity contribution in [1.29, 1.82) is 0 Å². The first kappa shape index (κ1) is 14.9. The van der Waals surface area contributed by atoms with E-state index < -0.39 is 30.7 Å². The maximum Gasteiger partial charge on any atom is 0.341 e. The van der Waals surface area contributed by atoms with E-state index in [0.29, 0.717) is 11.8 Å². The Balaban J connectivity index is 4.34. The zero-order chi connectivity index (χ0) is 12.2. The highest BCUT2D eigenvalue weighted by atomic mass is 32.2. The summed E-state index contributed by atoms with van der Waals surface area (Å²) in [6.07, 6.45) is -1.24. The van der Waals surface area contributed by atoms with Gasteiger partial charge in [0.2, 0.25) is 0 Å². The van der Waals surface area contributed by atoms with Crippen LogP contribution in [0.2, 0.25) is 0 Å². The molecule has 0 spiro atoms. The average molecular weight is 259 g/mol. The molecule has 0 aromatic rings. The number of thioether (sulfide) groups is 1. The number of hydrogen-bond acceptors (Lipinski definition) is 5. The highest BCUT2D eigenvalue weighted by Gasteiger charge is 2.34. The van der Waals surface area contributed by atoms with Crippen LogP contribution in [0.15, 0.2) is 0 Å². The highest BCUT2D eigenvalue weighted by molar-refractivity contribution is 8.05. The molecule has 0 aliphatic carbocycles. The molecule has 3 atom stereocenters. The molecule has 0 aromatic carbocycles. The summed E-state index contributed by atoms with van der Waals surface area (Å²) in [4.78, 5) is 26.7. The van der Waals surface area contributed by atoms with Gasteiger partial charge in [0.25, 0.3) is 0 Å². The monoisotopic (exact) mass is 259 g/mol. The van der Waals surface area contributed by atoms with E-state index in [4.69, 9.17) is 25.7 Å². The molecule has 0 aromatic heterocycles. The number of aliphatic hydroxyl groups is 1. The van der Waals surface area contributed by atoms with Crippen LogP contribution in [0.3, 0.4) is 0 Å². The predicted molar refractivity (Wildman–Crippen MR) is 55.6 cm³/mol. The molecule has 0 aliphatic rings. The Kier molecular flexibility index (Phi) is 5.79. The summed E-state index contributed by atoms with van der Waals surface area (Å²) < 4.78 is 10.9. The minimum absolute atomic E-state index is 0.171. The van der Waals surface area contributed by atoms with Gasteiger partial charge in [-0.3, -0.25) is 9.36 Å². The number of aliphatic hydroxyl groups excluding tert-OH is 1. The lowest BCUT2D eigenvalue weighted by Gasteiger charge is -2.21. The Hall–Kier alpha value is -0.110. The van der Waals surface area contributed by atoms with Gasteiger partial charge in [-0.2, -0.15) is 0 Å². The van der Waals surface area contributed by atoms with Gasteiger partial charge < -0.3 is 25.7 Å². The van der Waals surface area contributed by atoms with Crippen molar-refractivity contribution in [3.63, 3.8) is 0 Å². The predicted octanol–water partition coefficient (Wildman–Crippen LogP) is -0.984. The minimum atomic E-state index is -4.45. The van der Waals surface area contributed by atoms with Crippen molar-refractivity contribution in [2.24, 2.45) is 5.73 Å². The van der Waals surface area contributed by atoms with Crippen LogP contribution < -0.4 is 5.73 Å².